The molecular weight excluding hydrogens is 292 g/mol. The van der Waals surface area contributed by atoms with Gasteiger partial charge in [-0.1, -0.05) is 25.4 Å². The van der Waals surface area contributed by atoms with Crippen LogP contribution in [-0.2, 0) is 22.7 Å². The van der Waals surface area contributed by atoms with Crippen LogP contribution in [0.3, 0.4) is 0 Å². The van der Waals surface area contributed by atoms with Crippen LogP contribution in [0, 0.1) is 12.8 Å². The molecule has 0 saturated carbocycles. The number of halogens is 1. The summed E-state index contributed by atoms with van der Waals surface area (Å²) in [6.45, 7) is 8.68. The van der Waals surface area contributed by atoms with Crippen molar-refractivity contribution in [2.75, 3.05) is 6.54 Å². The zero-order chi connectivity index (χ0) is 15.7. The molecule has 0 bridgehead atoms. The normalized spacial score (nSPS) is 19.3. The van der Waals surface area contributed by atoms with Crippen molar-refractivity contribution in [3.63, 3.8) is 0 Å². The lowest BCUT2D eigenvalue weighted by Crippen LogP contribution is -2.59. The number of rotatable bonds is 4. The van der Waals surface area contributed by atoms with E-state index in [2.05, 4.69) is 10.4 Å². The molecule has 2 rings (SSSR count). The first kappa shape index (κ1) is 15.8. The molecule has 0 radical (unpaired) electrons. The molecule has 1 fully saturated rings. The molecule has 1 N–H and O–H groups in total. The number of nitrogens with zero attached hydrogens (tertiary/aromatic N) is 3. The van der Waals surface area contributed by atoms with Crippen LogP contribution >= 0.6 is 11.6 Å². The van der Waals surface area contributed by atoms with Gasteiger partial charge in [0.15, 0.2) is 0 Å². The van der Waals surface area contributed by atoms with Crippen LogP contribution in [0.1, 0.15) is 32.2 Å². The van der Waals surface area contributed by atoms with E-state index in [0.717, 1.165) is 11.4 Å². The summed E-state index contributed by atoms with van der Waals surface area (Å²) in [5.74, 6) is -0.169. The van der Waals surface area contributed by atoms with Crippen molar-refractivity contribution in [3.05, 3.63) is 16.4 Å². The molecule has 0 spiro atoms. The predicted octanol–water partition coefficient (Wildman–Crippen LogP) is 1.35. The minimum atomic E-state index is -0.470. The van der Waals surface area contributed by atoms with Crippen LogP contribution in [-0.4, -0.2) is 39.1 Å². The number of carbonyl (C=O) groups is 2. The number of hydrogen-bond donors (Lipinski definition) is 1. The summed E-state index contributed by atoms with van der Waals surface area (Å²) in [7, 11) is 0. The maximum absolute atomic E-state index is 12.2. The van der Waals surface area contributed by atoms with Crippen molar-refractivity contribution in [3.8, 4) is 0 Å². The van der Waals surface area contributed by atoms with E-state index in [1.54, 1.807) is 9.58 Å². The number of piperazine rings is 1. The highest BCUT2D eigenvalue weighted by molar-refractivity contribution is 6.31. The second-order valence-corrected chi connectivity index (χ2v) is 5.97. The van der Waals surface area contributed by atoms with E-state index in [0.29, 0.717) is 18.1 Å². The monoisotopic (exact) mass is 312 g/mol. The summed E-state index contributed by atoms with van der Waals surface area (Å²) < 4.78 is 1.79. The maximum Gasteiger partial charge on any atom is 0.243 e. The van der Waals surface area contributed by atoms with Crippen LogP contribution < -0.4 is 5.32 Å². The molecule has 1 atom stereocenters. The lowest BCUT2D eigenvalue weighted by molar-refractivity contribution is -0.148. The molecule has 21 heavy (non-hydrogen) atoms. The van der Waals surface area contributed by atoms with E-state index in [9.17, 15) is 9.59 Å². The second kappa shape index (κ2) is 6.05. The summed E-state index contributed by atoms with van der Waals surface area (Å²) in [5, 5.41) is 7.56. The van der Waals surface area contributed by atoms with Crippen molar-refractivity contribution in [2.24, 2.45) is 5.92 Å². The Morgan fingerprint density at radius 2 is 2.10 bits per heavy atom. The average Bonchev–Trinajstić information content (AvgIpc) is 2.70. The number of aromatic nitrogens is 2. The summed E-state index contributed by atoms with van der Waals surface area (Å²) >= 11 is 6.30. The smallest absolute Gasteiger partial charge is 0.243 e. The first-order chi connectivity index (χ1) is 9.86. The van der Waals surface area contributed by atoms with Crippen LogP contribution in [0.15, 0.2) is 0 Å². The van der Waals surface area contributed by atoms with Crippen molar-refractivity contribution >= 4 is 23.4 Å². The zero-order valence-corrected chi connectivity index (χ0v) is 13.6. The average molecular weight is 313 g/mol. The molecular formula is C14H21ClN4O2. The third-order valence-electron chi connectivity index (χ3n) is 3.74. The Hall–Kier alpha value is -1.56. The standard InChI is InChI=1S/C14H21ClN4O2/c1-5-19-10(12(15)9(4)17-19)7-18-11(20)6-16-14(21)13(18)8(2)3/h8,13H,5-7H2,1-4H3,(H,16,21). The first-order valence-corrected chi connectivity index (χ1v) is 7.53. The molecule has 1 aromatic heterocycles. The Morgan fingerprint density at radius 1 is 1.43 bits per heavy atom. The minimum absolute atomic E-state index is 0.0344. The van der Waals surface area contributed by atoms with Crippen LogP contribution in [0.5, 0.6) is 0 Å². The number of nitrogens with one attached hydrogen (secondary N) is 1. The van der Waals surface area contributed by atoms with Gasteiger partial charge in [-0.05, 0) is 19.8 Å². The van der Waals surface area contributed by atoms with Crippen molar-refractivity contribution in [1.29, 1.82) is 0 Å². The molecule has 1 unspecified atom stereocenters. The van der Waals surface area contributed by atoms with E-state index < -0.39 is 6.04 Å². The van der Waals surface area contributed by atoms with Gasteiger partial charge in [-0.15, -0.1) is 0 Å². The fraction of sp³-hybridized carbons (Fsp3) is 0.643. The van der Waals surface area contributed by atoms with Crippen molar-refractivity contribution in [2.45, 2.75) is 46.8 Å². The van der Waals surface area contributed by atoms with Gasteiger partial charge in [0, 0.05) is 6.54 Å². The predicted molar refractivity (Wildman–Crippen MR) is 79.8 cm³/mol. The lowest BCUT2D eigenvalue weighted by Gasteiger charge is -2.37. The van der Waals surface area contributed by atoms with Gasteiger partial charge in [0.05, 0.1) is 29.5 Å². The molecule has 2 amide bonds. The van der Waals surface area contributed by atoms with Crippen molar-refractivity contribution < 1.29 is 9.59 Å². The highest BCUT2D eigenvalue weighted by atomic mass is 35.5. The summed E-state index contributed by atoms with van der Waals surface area (Å²) in [6.07, 6.45) is 0. The molecule has 1 aromatic rings. The van der Waals surface area contributed by atoms with Crippen LogP contribution in [0.25, 0.3) is 0 Å². The molecule has 1 aliphatic rings. The van der Waals surface area contributed by atoms with Crippen molar-refractivity contribution in [1.82, 2.24) is 20.0 Å². The number of aryl methyl sites for hydroxylation is 2. The highest BCUT2D eigenvalue weighted by Crippen LogP contribution is 2.25. The molecule has 0 aliphatic carbocycles. The topological polar surface area (TPSA) is 67.2 Å². The second-order valence-electron chi connectivity index (χ2n) is 5.59. The summed E-state index contributed by atoms with van der Waals surface area (Å²) in [5.41, 5.74) is 1.52. The number of carbonyl (C=O) groups excluding carboxylic acids is 2. The maximum atomic E-state index is 12.2. The van der Waals surface area contributed by atoms with Gasteiger partial charge < -0.3 is 10.2 Å². The van der Waals surface area contributed by atoms with E-state index in [1.165, 1.54) is 0 Å². The van der Waals surface area contributed by atoms with E-state index in [-0.39, 0.29) is 24.3 Å². The number of amides is 2. The largest absolute Gasteiger partial charge is 0.345 e. The number of hydrogen-bond acceptors (Lipinski definition) is 3. The molecule has 1 saturated heterocycles. The molecule has 7 heteroatoms. The highest BCUT2D eigenvalue weighted by Gasteiger charge is 2.37. The Balaban J connectivity index is 2.35. The van der Waals surface area contributed by atoms with Gasteiger partial charge in [0.1, 0.15) is 6.04 Å². The lowest BCUT2D eigenvalue weighted by atomic mass is 9.99. The van der Waals surface area contributed by atoms with Crippen LogP contribution in [0.4, 0.5) is 0 Å². The molecule has 2 heterocycles. The molecule has 1 aliphatic heterocycles. The van der Waals surface area contributed by atoms with Gasteiger partial charge in [-0.2, -0.15) is 5.10 Å². The zero-order valence-electron chi connectivity index (χ0n) is 12.8. The van der Waals surface area contributed by atoms with E-state index in [4.69, 9.17) is 11.6 Å². The fourth-order valence-electron chi connectivity index (χ4n) is 2.70. The van der Waals surface area contributed by atoms with Gasteiger partial charge >= 0.3 is 0 Å². The SMILES string of the molecule is CCn1nc(C)c(Cl)c1CN1C(=O)CNC(=O)C1C(C)C. The Morgan fingerprint density at radius 3 is 2.67 bits per heavy atom. The van der Waals surface area contributed by atoms with Gasteiger partial charge in [-0.3, -0.25) is 14.3 Å². The van der Waals surface area contributed by atoms with E-state index in [1.807, 2.05) is 27.7 Å². The van der Waals surface area contributed by atoms with E-state index >= 15 is 0 Å². The summed E-state index contributed by atoms with van der Waals surface area (Å²) in [6, 6.07) is -0.470. The summed E-state index contributed by atoms with van der Waals surface area (Å²) in [4.78, 5) is 25.9. The molecule has 116 valence electrons. The fourth-order valence-corrected chi connectivity index (χ4v) is 2.89. The molecule has 6 nitrogen and oxygen atoms in total. The molecule has 0 aromatic carbocycles. The Bertz CT molecular complexity index is 568. The first-order valence-electron chi connectivity index (χ1n) is 7.15. The third kappa shape index (κ3) is 2.90. The van der Waals surface area contributed by atoms with Gasteiger partial charge in [0.2, 0.25) is 11.8 Å². The Kier molecular flexibility index (Phi) is 4.56. The van der Waals surface area contributed by atoms with Gasteiger partial charge in [0.25, 0.3) is 0 Å². The third-order valence-corrected chi connectivity index (χ3v) is 4.23. The Labute approximate surface area is 129 Å². The quantitative estimate of drug-likeness (QED) is 0.912. The van der Waals surface area contributed by atoms with Gasteiger partial charge in [-0.25, -0.2) is 0 Å². The minimum Gasteiger partial charge on any atom is -0.345 e. The van der Waals surface area contributed by atoms with Crippen LogP contribution in [0.2, 0.25) is 5.02 Å².